The molecule has 1 aromatic carbocycles. The monoisotopic (exact) mass is 377 g/mol. The van der Waals surface area contributed by atoms with Gasteiger partial charge < -0.3 is 5.73 Å². The lowest BCUT2D eigenvalue weighted by atomic mass is 10.1. The van der Waals surface area contributed by atoms with Gasteiger partial charge in [0.2, 0.25) is 4.96 Å². The summed E-state index contributed by atoms with van der Waals surface area (Å²) in [5, 5.41) is 7.30. The van der Waals surface area contributed by atoms with Gasteiger partial charge >= 0.3 is 0 Å². The van der Waals surface area contributed by atoms with E-state index < -0.39 is 0 Å². The van der Waals surface area contributed by atoms with E-state index in [-0.39, 0.29) is 11.4 Å². The van der Waals surface area contributed by atoms with Gasteiger partial charge in [0.25, 0.3) is 5.56 Å². The summed E-state index contributed by atoms with van der Waals surface area (Å²) in [7, 11) is 0. The van der Waals surface area contributed by atoms with Crippen molar-refractivity contribution in [2.75, 3.05) is 5.73 Å². The second-order valence-electron chi connectivity index (χ2n) is 5.67. The third-order valence-electron chi connectivity index (χ3n) is 4.08. The highest BCUT2D eigenvalue weighted by Crippen LogP contribution is 2.33. The molecule has 0 saturated carbocycles. The molecular weight excluding hydrogens is 366 g/mol. The predicted octanol–water partition coefficient (Wildman–Crippen LogP) is 3.72. The topological polar surface area (TPSA) is 85.6 Å². The van der Waals surface area contributed by atoms with Gasteiger partial charge in [0.15, 0.2) is 5.01 Å². The minimum atomic E-state index is -0.367. The van der Waals surface area contributed by atoms with Gasteiger partial charge in [0, 0.05) is 17.4 Å². The highest BCUT2D eigenvalue weighted by Gasteiger charge is 2.17. The third-order valence-corrected chi connectivity index (χ3v) is 6.03. The van der Waals surface area contributed by atoms with Crippen molar-refractivity contribution in [2.45, 2.75) is 0 Å². The Bertz CT molecular complexity index is 1260. The Morgan fingerprint density at radius 1 is 1.15 bits per heavy atom. The normalized spacial score (nSPS) is 14.4. The van der Waals surface area contributed by atoms with Crippen molar-refractivity contribution in [2.24, 2.45) is 4.99 Å². The standard InChI is InChI=1S/C18H11N5OS2/c19-15-12(8-10-9-20-13-5-2-1-4-11(10)13)16(24)21-18-23(15)22-17(26-18)14-6-3-7-25-14/h1-9H,19H2/b10-8-. The van der Waals surface area contributed by atoms with Gasteiger partial charge in [0.1, 0.15) is 5.82 Å². The maximum Gasteiger partial charge on any atom is 0.283 e. The molecule has 3 aromatic heterocycles. The lowest BCUT2D eigenvalue weighted by Crippen LogP contribution is -2.16. The van der Waals surface area contributed by atoms with Crippen molar-refractivity contribution in [3.05, 3.63) is 63.3 Å². The molecule has 1 aliphatic heterocycles. The number of nitrogen functional groups attached to an aromatic ring is 1. The van der Waals surface area contributed by atoms with E-state index >= 15 is 0 Å². The Hall–Kier alpha value is -3.10. The number of hydrogen-bond acceptors (Lipinski definition) is 7. The summed E-state index contributed by atoms with van der Waals surface area (Å²) < 4.78 is 1.53. The van der Waals surface area contributed by atoms with Crippen molar-refractivity contribution in [3.8, 4) is 9.88 Å². The number of nitrogens with two attached hydrogens (primary N) is 1. The van der Waals surface area contributed by atoms with E-state index in [0.717, 1.165) is 26.7 Å². The van der Waals surface area contributed by atoms with Crippen LogP contribution in [0.5, 0.6) is 0 Å². The van der Waals surface area contributed by atoms with E-state index in [0.29, 0.717) is 10.5 Å². The first-order valence-corrected chi connectivity index (χ1v) is 9.49. The van der Waals surface area contributed by atoms with Gasteiger partial charge in [-0.15, -0.1) is 11.3 Å². The van der Waals surface area contributed by atoms with E-state index in [1.165, 1.54) is 15.9 Å². The summed E-state index contributed by atoms with van der Waals surface area (Å²) in [6, 6.07) is 11.7. The predicted molar refractivity (Wildman–Crippen MR) is 107 cm³/mol. The van der Waals surface area contributed by atoms with Crippen LogP contribution < -0.4 is 11.3 Å². The van der Waals surface area contributed by atoms with Crippen molar-refractivity contribution in [1.29, 1.82) is 0 Å². The van der Waals surface area contributed by atoms with Gasteiger partial charge in [-0.2, -0.15) is 14.6 Å². The maximum absolute atomic E-state index is 12.5. The van der Waals surface area contributed by atoms with E-state index in [4.69, 9.17) is 5.73 Å². The van der Waals surface area contributed by atoms with Gasteiger partial charge in [-0.3, -0.25) is 9.79 Å². The SMILES string of the molecule is Nc1c(/C=C2/C=Nc3ccccc32)c(=O)nc2sc(-c3cccs3)nn12. The average Bonchev–Trinajstić information content (AvgIpc) is 3.37. The summed E-state index contributed by atoms with van der Waals surface area (Å²) >= 11 is 2.93. The third kappa shape index (κ3) is 2.31. The molecule has 0 fully saturated rings. The molecule has 4 heterocycles. The van der Waals surface area contributed by atoms with Crippen LogP contribution in [-0.2, 0) is 0 Å². The highest BCUT2D eigenvalue weighted by molar-refractivity contribution is 7.23. The Morgan fingerprint density at radius 2 is 2.04 bits per heavy atom. The number of aromatic nitrogens is 3. The summed E-state index contributed by atoms with van der Waals surface area (Å²) in [4.78, 5) is 22.6. The molecule has 8 heteroatoms. The molecule has 0 saturated heterocycles. The molecule has 6 nitrogen and oxygen atoms in total. The summed E-state index contributed by atoms with van der Waals surface area (Å²) in [5.41, 5.74) is 8.90. The van der Waals surface area contributed by atoms with Crippen LogP contribution in [0.4, 0.5) is 11.5 Å². The molecule has 0 spiro atoms. The molecule has 0 bridgehead atoms. The molecule has 0 unspecified atom stereocenters. The van der Waals surface area contributed by atoms with E-state index in [9.17, 15) is 4.79 Å². The fourth-order valence-corrected chi connectivity index (χ4v) is 4.52. The maximum atomic E-state index is 12.5. The number of nitrogens with zero attached hydrogens (tertiary/aromatic N) is 4. The van der Waals surface area contributed by atoms with E-state index in [1.807, 2.05) is 41.8 Å². The summed E-state index contributed by atoms with van der Waals surface area (Å²) in [6.07, 6.45) is 3.47. The number of fused-ring (bicyclic) bond motifs is 2. The number of benzene rings is 1. The number of rotatable bonds is 2. The van der Waals surface area contributed by atoms with Crippen LogP contribution in [-0.4, -0.2) is 20.8 Å². The van der Waals surface area contributed by atoms with Crippen LogP contribution in [0.3, 0.4) is 0 Å². The summed E-state index contributed by atoms with van der Waals surface area (Å²) in [6.45, 7) is 0. The number of aliphatic imine (C=N–C) groups is 1. The largest absolute Gasteiger partial charge is 0.383 e. The number of allylic oxidation sites excluding steroid dienone is 1. The first kappa shape index (κ1) is 15.2. The molecule has 0 atom stereocenters. The van der Waals surface area contributed by atoms with Crippen LogP contribution in [0.2, 0.25) is 0 Å². The van der Waals surface area contributed by atoms with Crippen LogP contribution in [0, 0.1) is 0 Å². The minimum Gasteiger partial charge on any atom is -0.383 e. The van der Waals surface area contributed by atoms with Crippen molar-refractivity contribution >= 4 is 57.0 Å². The molecule has 4 aromatic rings. The molecule has 0 aliphatic carbocycles. The van der Waals surface area contributed by atoms with Gasteiger partial charge in [-0.1, -0.05) is 35.6 Å². The fourth-order valence-electron chi connectivity index (χ4n) is 2.83. The fraction of sp³-hybridized carbons (Fsp3) is 0. The molecule has 5 rings (SSSR count). The molecule has 2 N–H and O–H groups in total. The quantitative estimate of drug-likeness (QED) is 0.577. The Labute approximate surface area is 155 Å². The first-order chi connectivity index (χ1) is 12.7. The second kappa shape index (κ2) is 5.72. The van der Waals surface area contributed by atoms with Crippen LogP contribution in [0.25, 0.3) is 26.5 Å². The van der Waals surface area contributed by atoms with Crippen LogP contribution in [0.15, 0.2) is 51.6 Å². The lowest BCUT2D eigenvalue weighted by molar-refractivity contribution is 0.946. The average molecular weight is 377 g/mol. The molecular formula is C18H11N5OS2. The van der Waals surface area contributed by atoms with Crippen molar-refractivity contribution < 1.29 is 0 Å². The molecule has 0 amide bonds. The zero-order chi connectivity index (χ0) is 17.7. The number of hydrogen-bond donors (Lipinski definition) is 1. The number of para-hydroxylation sites is 1. The molecule has 0 radical (unpaired) electrons. The highest BCUT2D eigenvalue weighted by atomic mass is 32.1. The Balaban J connectivity index is 1.69. The first-order valence-electron chi connectivity index (χ1n) is 7.79. The minimum absolute atomic E-state index is 0.282. The molecule has 26 heavy (non-hydrogen) atoms. The Kier molecular flexibility index (Phi) is 3.34. The molecule has 126 valence electrons. The zero-order valence-electron chi connectivity index (χ0n) is 13.3. The lowest BCUT2D eigenvalue weighted by Gasteiger charge is -2.03. The van der Waals surface area contributed by atoms with E-state index in [2.05, 4.69) is 15.1 Å². The van der Waals surface area contributed by atoms with Crippen molar-refractivity contribution in [1.82, 2.24) is 14.6 Å². The zero-order valence-corrected chi connectivity index (χ0v) is 14.9. The Morgan fingerprint density at radius 3 is 2.88 bits per heavy atom. The van der Waals surface area contributed by atoms with E-state index in [1.54, 1.807) is 23.6 Å². The van der Waals surface area contributed by atoms with Crippen LogP contribution >= 0.6 is 22.7 Å². The van der Waals surface area contributed by atoms with Crippen LogP contribution in [0.1, 0.15) is 11.1 Å². The van der Waals surface area contributed by atoms with Gasteiger partial charge in [0.05, 0.1) is 16.1 Å². The second-order valence-corrected chi connectivity index (χ2v) is 7.57. The van der Waals surface area contributed by atoms with Gasteiger partial charge in [-0.05, 0) is 23.6 Å². The summed E-state index contributed by atoms with van der Waals surface area (Å²) in [5.74, 6) is 0.282. The van der Waals surface area contributed by atoms with Crippen molar-refractivity contribution in [3.63, 3.8) is 0 Å². The number of thiophene rings is 1. The van der Waals surface area contributed by atoms with Gasteiger partial charge in [-0.25, -0.2) is 0 Å². The molecule has 1 aliphatic rings. The smallest absolute Gasteiger partial charge is 0.283 e. The number of anilines is 1.